The second kappa shape index (κ2) is 7.61. The Morgan fingerprint density at radius 3 is 2.71 bits per heavy atom. The number of hydrogen-bond donors (Lipinski definition) is 2. The predicted octanol–water partition coefficient (Wildman–Crippen LogP) is 2.71. The van der Waals surface area contributed by atoms with Crippen molar-refractivity contribution >= 4 is 11.6 Å². The van der Waals surface area contributed by atoms with E-state index in [9.17, 15) is 9.18 Å². The van der Waals surface area contributed by atoms with Crippen LogP contribution in [0.15, 0.2) is 23.4 Å². The van der Waals surface area contributed by atoms with Gasteiger partial charge in [-0.2, -0.15) is 0 Å². The van der Waals surface area contributed by atoms with Gasteiger partial charge in [-0.1, -0.05) is 12.1 Å². The lowest BCUT2D eigenvalue weighted by Gasteiger charge is -2.19. The van der Waals surface area contributed by atoms with Crippen LogP contribution in [0.5, 0.6) is 5.75 Å². The van der Waals surface area contributed by atoms with Crippen LogP contribution in [0.25, 0.3) is 0 Å². The number of rotatable bonds is 6. The van der Waals surface area contributed by atoms with Gasteiger partial charge in [-0.25, -0.2) is 4.39 Å². The lowest BCUT2D eigenvalue weighted by atomic mass is 10.1. The number of carbonyl (C=O) groups excluding carboxylic acids is 1. The van der Waals surface area contributed by atoms with Crippen molar-refractivity contribution in [1.29, 1.82) is 0 Å². The van der Waals surface area contributed by atoms with E-state index in [1.165, 1.54) is 25.1 Å². The van der Waals surface area contributed by atoms with E-state index in [2.05, 4.69) is 10.5 Å². The molecule has 0 spiro atoms. The van der Waals surface area contributed by atoms with E-state index in [4.69, 9.17) is 9.94 Å². The van der Waals surface area contributed by atoms with Gasteiger partial charge in [-0.3, -0.25) is 4.79 Å². The Morgan fingerprint density at radius 2 is 2.14 bits per heavy atom. The molecule has 0 heterocycles. The molecular weight excluding hydrogens is 275 g/mol. The van der Waals surface area contributed by atoms with Crippen molar-refractivity contribution in [1.82, 2.24) is 5.32 Å². The minimum absolute atomic E-state index is 0.0528. The van der Waals surface area contributed by atoms with Crippen molar-refractivity contribution in [3.63, 3.8) is 0 Å². The lowest BCUT2D eigenvalue weighted by molar-refractivity contribution is -0.127. The van der Waals surface area contributed by atoms with Gasteiger partial charge >= 0.3 is 0 Å². The fourth-order valence-corrected chi connectivity index (χ4v) is 1.65. The number of nitrogens with zero attached hydrogens (tertiary/aromatic N) is 1. The monoisotopic (exact) mass is 296 g/mol. The van der Waals surface area contributed by atoms with Gasteiger partial charge in [-0.15, -0.1) is 0 Å². The van der Waals surface area contributed by atoms with Gasteiger partial charge in [-0.05, 0) is 45.4 Å². The summed E-state index contributed by atoms with van der Waals surface area (Å²) in [5.74, 6) is -0.436. The number of carbonyl (C=O) groups is 1. The Morgan fingerprint density at radius 1 is 1.48 bits per heavy atom. The number of hydrogen-bond acceptors (Lipinski definition) is 4. The average molecular weight is 296 g/mol. The van der Waals surface area contributed by atoms with E-state index in [0.717, 1.165) is 6.42 Å². The highest BCUT2D eigenvalue weighted by molar-refractivity contribution is 6.00. The van der Waals surface area contributed by atoms with Crippen LogP contribution >= 0.6 is 0 Å². The fourth-order valence-electron chi connectivity index (χ4n) is 1.65. The number of ether oxygens (including phenoxy) is 1. The van der Waals surface area contributed by atoms with E-state index in [1.807, 2.05) is 13.8 Å². The molecule has 6 heteroatoms. The molecular formula is C15H21FN2O3. The van der Waals surface area contributed by atoms with Crippen LogP contribution in [0.3, 0.4) is 0 Å². The molecule has 0 aliphatic heterocycles. The Hall–Kier alpha value is -2.11. The second-order valence-electron chi connectivity index (χ2n) is 4.90. The molecule has 0 radical (unpaired) electrons. The van der Waals surface area contributed by atoms with Crippen molar-refractivity contribution in [3.05, 3.63) is 29.6 Å². The van der Waals surface area contributed by atoms with E-state index < -0.39 is 11.9 Å². The third-order valence-electron chi connectivity index (χ3n) is 3.16. The van der Waals surface area contributed by atoms with Crippen molar-refractivity contribution in [3.8, 4) is 5.75 Å². The van der Waals surface area contributed by atoms with Crippen LogP contribution in [-0.4, -0.2) is 29.0 Å². The molecule has 2 unspecified atom stereocenters. The summed E-state index contributed by atoms with van der Waals surface area (Å²) in [6, 6.07) is 3.88. The molecule has 0 fully saturated rings. The summed E-state index contributed by atoms with van der Waals surface area (Å²) in [6.45, 7) is 6.99. The average Bonchev–Trinajstić information content (AvgIpc) is 2.47. The molecule has 0 bridgehead atoms. The smallest absolute Gasteiger partial charge is 0.260 e. The topological polar surface area (TPSA) is 70.9 Å². The summed E-state index contributed by atoms with van der Waals surface area (Å²) >= 11 is 0. The zero-order chi connectivity index (χ0) is 16.0. The van der Waals surface area contributed by atoms with Crippen LogP contribution in [-0.2, 0) is 4.79 Å². The van der Waals surface area contributed by atoms with Crippen LogP contribution in [0, 0.1) is 5.82 Å². The molecule has 5 nitrogen and oxygen atoms in total. The molecule has 1 amide bonds. The SMILES string of the molecule is CCC(C)NC(=O)C(C)Oc1ccc(F)cc1/C(C)=N/O. The second-order valence-corrected chi connectivity index (χ2v) is 4.90. The minimum atomic E-state index is -0.741. The summed E-state index contributed by atoms with van der Waals surface area (Å²) in [5.41, 5.74) is 0.514. The van der Waals surface area contributed by atoms with E-state index in [1.54, 1.807) is 6.92 Å². The first kappa shape index (κ1) is 16.9. The van der Waals surface area contributed by atoms with Crippen LogP contribution in [0.2, 0.25) is 0 Å². The molecule has 2 atom stereocenters. The van der Waals surface area contributed by atoms with Crippen LogP contribution < -0.4 is 10.1 Å². The predicted molar refractivity (Wildman–Crippen MR) is 78.4 cm³/mol. The third-order valence-corrected chi connectivity index (χ3v) is 3.16. The summed E-state index contributed by atoms with van der Waals surface area (Å²) in [7, 11) is 0. The molecule has 1 rings (SSSR count). The lowest BCUT2D eigenvalue weighted by Crippen LogP contribution is -2.41. The molecule has 0 aliphatic carbocycles. The molecule has 0 saturated carbocycles. The maximum atomic E-state index is 13.3. The van der Waals surface area contributed by atoms with E-state index in [0.29, 0.717) is 11.3 Å². The molecule has 0 saturated heterocycles. The molecule has 116 valence electrons. The quantitative estimate of drug-likeness (QED) is 0.481. The maximum Gasteiger partial charge on any atom is 0.260 e. The van der Waals surface area contributed by atoms with Crippen molar-refractivity contribution in [2.45, 2.75) is 46.3 Å². The maximum absolute atomic E-state index is 13.3. The molecule has 21 heavy (non-hydrogen) atoms. The summed E-state index contributed by atoms with van der Waals surface area (Å²) < 4.78 is 18.8. The van der Waals surface area contributed by atoms with Gasteiger partial charge in [0.1, 0.15) is 11.6 Å². The molecule has 1 aromatic rings. The number of nitrogens with one attached hydrogen (secondary N) is 1. The molecule has 0 aliphatic rings. The van der Waals surface area contributed by atoms with Gasteiger partial charge in [0, 0.05) is 11.6 Å². The Labute approximate surface area is 123 Å². The number of benzene rings is 1. The zero-order valence-corrected chi connectivity index (χ0v) is 12.7. The third kappa shape index (κ3) is 4.73. The minimum Gasteiger partial charge on any atom is -0.480 e. The van der Waals surface area contributed by atoms with Crippen molar-refractivity contribution in [2.75, 3.05) is 0 Å². The highest BCUT2D eigenvalue weighted by Gasteiger charge is 2.19. The van der Waals surface area contributed by atoms with Gasteiger partial charge in [0.15, 0.2) is 6.10 Å². The Balaban J connectivity index is 2.90. The van der Waals surface area contributed by atoms with Gasteiger partial charge in [0.2, 0.25) is 0 Å². The Bertz CT molecular complexity index is 532. The fraction of sp³-hybridized carbons (Fsp3) is 0.467. The first-order chi connectivity index (χ1) is 9.88. The van der Waals surface area contributed by atoms with E-state index in [-0.39, 0.29) is 17.7 Å². The number of oxime groups is 1. The largest absolute Gasteiger partial charge is 0.480 e. The van der Waals surface area contributed by atoms with Crippen molar-refractivity contribution in [2.24, 2.45) is 5.16 Å². The van der Waals surface area contributed by atoms with Crippen LogP contribution in [0.1, 0.15) is 39.7 Å². The number of amides is 1. The first-order valence-electron chi connectivity index (χ1n) is 6.84. The molecule has 1 aromatic carbocycles. The molecule has 0 aromatic heterocycles. The summed E-state index contributed by atoms with van der Waals surface area (Å²) in [6.07, 6.45) is 0.0750. The summed E-state index contributed by atoms with van der Waals surface area (Å²) in [5, 5.41) is 14.7. The Kier molecular flexibility index (Phi) is 6.14. The standard InChI is InChI=1S/C15H21FN2O3/c1-5-9(2)17-15(19)11(4)21-14-7-6-12(16)8-13(14)10(3)18-20/h6-9,11,20H,5H2,1-4H3,(H,17,19)/b18-10+. The number of halogens is 1. The zero-order valence-electron chi connectivity index (χ0n) is 12.7. The highest BCUT2D eigenvalue weighted by atomic mass is 19.1. The summed E-state index contributed by atoms with van der Waals surface area (Å²) in [4.78, 5) is 11.9. The van der Waals surface area contributed by atoms with Gasteiger partial charge in [0.05, 0.1) is 5.71 Å². The normalized spacial score (nSPS) is 14.4. The highest BCUT2D eigenvalue weighted by Crippen LogP contribution is 2.22. The molecule has 2 N–H and O–H groups in total. The van der Waals surface area contributed by atoms with Gasteiger partial charge in [0.25, 0.3) is 5.91 Å². The van der Waals surface area contributed by atoms with Crippen molar-refractivity contribution < 1.29 is 19.1 Å². The van der Waals surface area contributed by atoms with Crippen LogP contribution in [0.4, 0.5) is 4.39 Å². The first-order valence-corrected chi connectivity index (χ1v) is 6.84. The van der Waals surface area contributed by atoms with Gasteiger partial charge < -0.3 is 15.3 Å². The van der Waals surface area contributed by atoms with E-state index >= 15 is 0 Å².